The summed E-state index contributed by atoms with van der Waals surface area (Å²) < 4.78 is 5.77. The van der Waals surface area contributed by atoms with Crippen molar-refractivity contribution in [2.45, 2.75) is 26.7 Å². The number of carboxylic acids is 1. The maximum atomic E-state index is 10.6. The normalized spacial score (nSPS) is 10.8. The molecule has 0 aliphatic carbocycles. The molecular weight excluding hydrogens is 270 g/mol. The number of H-pyrrole nitrogens is 1. The Morgan fingerprint density at radius 1 is 1.38 bits per heavy atom. The van der Waals surface area contributed by atoms with Crippen molar-refractivity contribution < 1.29 is 14.6 Å². The maximum Gasteiger partial charge on any atom is 0.303 e. The summed E-state index contributed by atoms with van der Waals surface area (Å²) in [6.45, 7) is 4.78. The van der Waals surface area contributed by atoms with Crippen molar-refractivity contribution in [2.24, 2.45) is 5.92 Å². The first-order chi connectivity index (χ1) is 10.1. The van der Waals surface area contributed by atoms with Gasteiger partial charge in [0, 0.05) is 6.42 Å². The fourth-order valence-corrected chi connectivity index (χ4v) is 1.79. The lowest BCUT2D eigenvalue weighted by Crippen LogP contribution is -2.05. The monoisotopic (exact) mass is 289 g/mol. The van der Waals surface area contributed by atoms with Crippen LogP contribution in [0.2, 0.25) is 0 Å². The Kier molecular flexibility index (Phi) is 4.92. The predicted molar refractivity (Wildman–Crippen MR) is 78.1 cm³/mol. The molecule has 0 fully saturated rings. The van der Waals surface area contributed by atoms with Gasteiger partial charge in [0.2, 0.25) is 0 Å². The van der Waals surface area contributed by atoms with E-state index in [1.165, 1.54) is 0 Å². The van der Waals surface area contributed by atoms with Crippen molar-refractivity contribution in [3.63, 3.8) is 0 Å². The molecule has 112 valence electrons. The molecule has 0 atom stereocenters. The molecule has 2 N–H and O–H groups in total. The number of aliphatic carboxylic acids is 1. The number of rotatable bonds is 7. The smallest absolute Gasteiger partial charge is 0.303 e. The third-order valence-corrected chi connectivity index (χ3v) is 2.81. The molecule has 1 aromatic heterocycles. The molecule has 0 saturated heterocycles. The van der Waals surface area contributed by atoms with Crippen LogP contribution in [0.15, 0.2) is 24.3 Å². The minimum Gasteiger partial charge on any atom is -0.493 e. The van der Waals surface area contributed by atoms with Crippen LogP contribution in [-0.4, -0.2) is 32.9 Å². The second kappa shape index (κ2) is 6.88. The first-order valence-corrected chi connectivity index (χ1v) is 6.91. The van der Waals surface area contributed by atoms with Crippen molar-refractivity contribution >= 4 is 5.97 Å². The van der Waals surface area contributed by atoms with Crippen molar-refractivity contribution in [3.05, 3.63) is 30.1 Å². The lowest BCUT2D eigenvalue weighted by Gasteiger charge is -2.11. The van der Waals surface area contributed by atoms with E-state index in [4.69, 9.17) is 9.84 Å². The largest absolute Gasteiger partial charge is 0.493 e. The van der Waals surface area contributed by atoms with Crippen LogP contribution in [0.1, 0.15) is 26.1 Å². The highest BCUT2D eigenvalue weighted by molar-refractivity contribution is 5.67. The lowest BCUT2D eigenvalue weighted by molar-refractivity contribution is -0.137. The average molecular weight is 289 g/mol. The van der Waals surface area contributed by atoms with Crippen LogP contribution in [0.5, 0.6) is 5.75 Å². The summed E-state index contributed by atoms with van der Waals surface area (Å²) in [6, 6.07) is 7.56. The highest BCUT2D eigenvalue weighted by atomic mass is 16.5. The quantitative estimate of drug-likeness (QED) is 0.817. The minimum atomic E-state index is -0.853. The second-order valence-corrected chi connectivity index (χ2v) is 5.20. The van der Waals surface area contributed by atoms with Crippen molar-refractivity contribution in [1.29, 1.82) is 0 Å². The van der Waals surface area contributed by atoms with Gasteiger partial charge in [0.1, 0.15) is 11.6 Å². The number of para-hydroxylation sites is 1. The molecule has 0 unspecified atom stereocenters. The molecule has 21 heavy (non-hydrogen) atoms. The standard InChI is InChI=1S/C15H19N3O3/c1-10(2)9-21-12-6-4-3-5-11(12)15-16-13(17-18-15)7-8-14(19)20/h3-6,10H,7-9H2,1-2H3,(H,19,20)(H,16,17,18). The van der Waals surface area contributed by atoms with Gasteiger partial charge in [-0.25, -0.2) is 4.98 Å². The summed E-state index contributed by atoms with van der Waals surface area (Å²) >= 11 is 0. The van der Waals surface area contributed by atoms with Crippen LogP contribution < -0.4 is 4.74 Å². The van der Waals surface area contributed by atoms with Gasteiger partial charge in [0.15, 0.2) is 5.82 Å². The van der Waals surface area contributed by atoms with Crippen molar-refractivity contribution in [3.8, 4) is 17.1 Å². The van der Waals surface area contributed by atoms with Gasteiger partial charge in [-0.05, 0) is 18.1 Å². The van der Waals surface area contributed by atoms with Gasteiger partial charge < -0.3 is 9.84 Å². The topological polar surface area (TPSA) is 88.1 Å². The SMILES string of the molecule is CC(C)COc1ccccc1-c1n[nH]c(CCC(=O)O)n1. The first kappa shape index (κ1) is 15.0. The molecule has 0 spiro atoms. The van der Waals surface area contributed by atoms with E-state index >= 15 is 0 Å². The molecule has 0 amide bonds. The minimum absolute atomic E-state index is 0.0279. The Hall–Kier alpha value is -2.37. The molecule has 6 nitrogen and oxygen atoms in total. The third-order valence-electron chi connectivity index (χ3n) is 2.81. The zero-order valence-corrected chi connectivity index (χ0v) is 12.2. The number of benzene rings is 1. The fourth-order valence-electron chi connectivity index (χ4n) is 1.79. The van der Waals surface area contributed by atoms with Gasteiger partial charge in [-0.3, -0.25) is 9.89 Å². The maximum absolute atomic E-state index is 10.6. The number of carboxylic acid groups (broad SMARTS) is 1. The van der Waals surface area contributed by atoms with Crippen LogP contribution in [-0.2, 0) is 11.2 Å². The van der Waals surface area contributed by atoms with Crippen LogP contribution >= 0.6 is 0 Å². The number of nitrogens with zero attached hydrogens (tertiary/aromatic N) is 2. The third kappa shape index (κ3) is 4.30. The molecule has 0 aliphatic rings. The van der Waals surface area contributed by atoms with Crippen LogP contribution in [0.25, 0.3) is 11.4 Å². The van der Waals surface area contributed by atoms with Crippen molar-refractivity contribution in [2.75, 3.05) is 6.61 Å². The Morgan fingerprint density at radius 2 is 2.14 bits per heavy atom. The first-order valence-electron chi connectivity index (χ1n) is 6.91. The molecule has 0 bridgehead atoms. The van der Waals surface area contributed by atoms with Gasteiger partial charge in [-0.2, -0.15) is 5.10 Å². The average Bonchev–Trinajstić information content (AvgIpc) is 2.92. The van der Waals surface area contributed by atoms with E-state index in [-0.39, 0.29) is 6.42 Å². The zero-order valence-electron chi connectivity index (χ0n) is 12.2. The van der Waals surface area contributed by atoms with Gasteiger partial charge in [-0.1, -0.05) is 26.0 Å². The molecule has 0 saturated carbocycles. The van der Waals surface area contributed by atoms with Gasteiger partial charge in [0.25, 0.3) is 0 Å². The van der Waals surface area contributed by atoms with Crippen LogP contribution in [0.4, 0.5) is 0 Å². The summed E-state index contributed by atoms with van der Waals surface area (Å²) in [5.74, 6) is 1.39. The summed E-state index contributed by atoms with van der Waals surface area (Å²) in [4.78, 5) is 14.9. The van der Waals surface area contributed by atoms with Crippen LogP contribution in [0.3, 0.4) is 0 Å². The number of aryl methyl sites for hydroxylation is 1. The summed E-state index contributed by atoms with van der Waals surface area (Å²) in [7, 11) is 0. The summed E-state index contributed by atoms with van der Waals surface area (Å²) in [5.41, 5.74) is 0.802. The fraction of sp³-hybridized carbons (Fsp3) is 0.400. The van der Waals surface area contributed by atoms with Crippen molar-refractivity contribution in [1.82, 2.24) is 15.2 Å². The molecule has 2 aromatic rings. The zero-order chi connectivity index (χ0) is 15.2. The number of hydrogen-bond donors (Lipinski definition) is 2. The van der Waals surface area contributed by atoms with Gasteiger partial charge >= 0.3 is 5.97 Å². The van der Waals surface area contributed by atoms with Gasteiger partial charge in [0.05, 0.1) is 18.6 Å². The lowest BCUT2D eigenvalue weighted by atomic mass is 10.2. The van der Waals surface area contributed by atoms with E-state index in [2.05, 4.69) is 29.0 Å². The Balaban J connectivity index is 2.15. The Bertz CT molecular complexity index is 608. The van der Waals surface area contributed by atoms with E-state index in [9.17, 15) is 4.79 Å². The predicted octanol–water partition coefficient (Wildman–Crippen LogP) is 2.52. The number of ether oxygens (including phenoxy) is 1. The number of nitrogens with one attached hydrogen (secondary N) is 1. The molecule has 1 heterocycles. The van der Waals surface area contributed by atoms with Crippen LogP contribution in [0, 0.1) is 5.92 Å². The molecule has 0 aliphatic heterocycles. The Morgan fingerprint density at radius 3 is 2.86 bits per heavy atom. The summed E-state index contributed by atoms with van der Waals surface area (Å²) in [5, 5.41) is 15.6. The van der Waals surface area contributed by atoms with E-state index in [0.29, 0.717) is 30.6 Å². The number of hydrogen-bond acceptors (Lipinski definition) is 4. The van der Waals surface area contributed by atoms with E-state index in [1.54, 1.807) is 0 Å². The molecule has 6 heteroatoms. The second-order valence-electron chi connectivity index (χ2n) is 5.20. The van der Waals surface area contributed by atoms with E-state index in [1.807, 2.05) is 24.3 Å². The number of aromatic nitrogens is 3. The van der Waals surface area contributed by atoms with E-state index < -0.39 is 5.97 Å². The molecular formula is C15H19N3O3. The number of carbonyl (C=O) groups is 1. The van der Waals surface area contributed by atoms with Gasteiger partial charge in [-0.15, -0.1) is 0 Å². The molecule has 0 radical (unpaired) electrons. The molecule has 2 rings (SSSR count). The number of aromatic amines is 1. The van der Waals surface area contributed by atoms with E-state index in [0.717, 1.165) is 11.3 Å². The molecule has 1 aromatic carbocycles. The summed E-state index contributed by atoms with van der Waals surface area (Å²) in [6.07, 6.45) is 0.359. The highest BCUT2D eigenvalue weighted by Crippen LogP contribution is 2.27. The Labute approximate surface area is 123 Å². The highest BCUT2D eigenvalue weighted by Gasteiger charge is 2.12.